The zero-order valence-corrected chi connectivity index (χ0v) is 9.17. The highest BCUT2D eigenvalue weighted by atomic mass is 16.5. The highest BCUT2D eigenvalue weighted by Gasteiger charge is 2.23. The van der Waals surface area contributed by atoms with Crippen LogP contribution in [0, 0.1) is 0 Å². The van der Waals surface area contributed by atoms with E-state index in [0.29, 0.717) is 11.7 Å². The molecule has 0 fully saturated rings. The van der Waals surface area contributed by atoms with E-state index in [1.165, 1.54) is 0 Å². The Balaban J connectivity index is 2.11. The minimum atomic E-state index is -0.177. The maximum absolute atomic E-state index is 5.74. The van der Waals surface area contributed by atoms with Crippen LogP contribution in [0.1, 0.15) is 17.4 Å². The van der Waals surface area contributed by atoms with Crippen LogP contribution in [0.2, 0.25) is 0 Å². The number of hydrogen-bond acceptors (Lipinski definition) is 3. The van der Waals surface area contributed by atoms with E-state index in [4.69, 9.17) is 9.15 Å². The van der Waals surface area contributed by atoms with E-state index in [-0.39, 0.29) is 6.10 Å². The minimum absolute atomic E-state index is 0.177. The average Bonchev–Trinajstić information content (AvgIpc) is 2.91. The van der Waals surface area contributed by atoms with Crippen LogP contribution in [0.5, 0.6) is 0 Å². The molecular weight excluding hydrogens is 214 g/mol. The lowest BCUT2D eigenvalue weighted by atomic mass is 10.1. The van der Waals surface area contributed by atoms with Crippen molar-refractivity contribution in [1.82, 2.24) is 0 Å². The molecule has 3 nitrogen and oxygen atoms in total. The molecule has 0 aliphatic carbocycles. The van der Waals surface area contributed by atoms with Crippen molar-refractivity contribution in [3.8, 4) is 0 Å². The van der Waals surface area contributed by atoms with Crippen LogP contribution in [-0.4, -0.2) is 5.90 Å². The van der Waals surface area contributed by atoms with Crippen LogP contribution in [0.4, 0.5) is 5.69 Å². The summed E-state index contributed by atoms with van der Waals surface area (Å²) >= 11 is 0. The minimum Gasteiger partial charge on any atom is -0.462 e. The molecule has 2 heterocycles. The highest BCUT2D eigenvalue weighted by molar-refractivity contribution is 5.94. The number of para-hydroxylation sites is 1. The molecule has 0 saturated carbocycles. The molecular formula is C14H11NO2. The van der Waals surface area contributed by atoms with Gasteiger partial charge >= 0.3 is 0 Å². The van der Waals surface area contributed by atoms with Gasteiger partial charge in [0.1, 0.15) is 6.10 Å². The van der Waals surface area contributed by atoms with Gasteiger partial charge in [0.05, 0.1) is 12.0 Å². The van der Waals surface area contributed by atoms with Crippen LogP contribution in [0.3, 0.4) is 0 Å². The summed E-state index contributed by atoms with van der Waals surface area (Å²) < 4.78 is 11.0. The maximum atomic E-state index is 5.74. The summed E-state index contributed by atoms with van der Waals surface area (Å²) in [4.78, 5) is 4.44. The quantitative estimate of drug-likeness (QED) is 0.731. The molecule has 0 radical (unpaired) electrons. The monoisotopic (exact) mass is 225 g/mol. The van der Waals surface area contributed by atoms with Crippen LogP contribution in [0.25, 0.3) is 0 Å². The Morgan fingerprint density at radius 1 is 1.18 bits per heavy atom. The summed E-state index contributed by atoms with van der Waals surface area (Å²) in [6.45, 7) is 3.79. The van der Waals surface area contributed by atoms with E-state index in [1.54, 1.807) is 12.3 Å². The lowest BCUT2D eigenvalue weighted by Crippen LogP contribution is -2.14. The molecule has 3 rings (SSSR count). The molecule has 2 aromatic rings. The molecule has 1 aliphatic rings. The number of aliphatic imine (C=N–C) groups is 1. The van der Waals surface area contributed by atoms with E-state index < -0.39 is 0 Å². The molecule has 1 atom stereocenters. The second-order valence-electron chi connectivity index (χ2n) is 3.73. The summed E-state index contributed by atoms with van der Waals surface area (Å²) in [5.41, 5.74) is 1.92. The van der Waals surface area contributed by atoms with Gasteiger partial charge in [0, 0.05) is 5.56 Å². The third kappa shape index (κ3) is 1.65. The van der Waals surface area contributed by atoms with Crippen molar-refractivity contribution < 1.29 is 9.15 Å². The Kier molecular flexibility index (Phi) is 2.29. The standard InChI is InChI=1S/C14H11NO2/c1-2-12-10-6-3-4-7-11(10)15-14(17-12)13-8-5-9-16-13/h2-9,12H,1H2/t12-/m1/s1. The summed E-state index contributed by atoms with van der Waals surface area (Å²) in [7, 11) is 0. The van der Waals surface area contributed by atoms with Gasteiger partial charge in [-0.25, -0.2) is 4.99 Å². The van der Waals surface area contributed by atoms with Crippen molar-refractivity contribution in [2.45, 2.75) is 6.10 Å². The highest BCUT2D eigenvalue weighted by Crippen LogP contribution is 2.34. The number of benzene rings is 1. The van der Waals surface area contributed by atoms with Gasteiger partial charge in [-0.2, -0.15) is 0 Å². The second kappa shape index (κ2) is 3.94. The van der Waals surface area contributed by atoms with Gasteiger partial charge in [0.15, 0.2) is 5.76 Å². The Morgan fingerprint density at radius 3 is 2.82 bits per heavy atom. The molecule has 17 heavy (non-hydrogen) atoms. The third-order valence-electron chi connectivity index (χ3n) is 2.65. The van der Waals surface area contributed by atoms with Gasteiger partial charge in [0.25, 0.3) is 5.90 Å². The van der Waals surface area contributed by atoms with Crippen LogP contribution >= 0.6 is 0 Å². The van der Waals surface area contributed by atoms with Gasteiger partial charge in [-0.05, 0) is 24.3 Å². The number of rotatable bonds is 2. The van der Waals surface area contributed by atoms with Crippen molar-refractivity contribution in [2.75, 3.05) is 0 Å². The molecule has 1 aromatic heterocycles. The third-order valence-corrected chi connectivity index (χ3v) is 2.65. The fraction of sp³-hybridized carbons (Fsp3) is 0.0714. The van der Waals surface area contributed by atoms with Gasteiger partial charge in [-0.15, -0.1) is 0 Å². The molecule has 1 aliphatic heterocycles. The summed E-state index contributed by atoms with van der Waals surface area (Å²) in [6, 6.07) is 11.5. The topological polar surface area (TPSA) is 34.7 Å². The number of fused-ring (bicyclic) bond motifs is 1. The van der Waals surface area contributed by atoms with Crippen molar-refractivity contribution in [2.24, 2.45) is 4.99 Å². The van der Waals surface area contributed by atoms with Crippen molar-refractivity contribution in [1.29, 1.82) is 0 Å². The lowest BCUT2D eigenvalue weighted by Gasteiger charge is -2.22. The smallest absolute Gasteiger partial charge is 0.259 e. The molecule has 0 spiro atoms. The van der Waals surface area contributed by atoms with Crippen LogP contribution in [-0.2, 0) is 4.74 Å². The van der Waals surface area contributed by atoms with Gasteiger partial charge < -0.3 is 9.15 Å². The zero-order valence-electron chi connectivity index (χ0n) is 9.17. The molecule has 0 bridgehead atoms. The SMILES string of the molecule is C=C[C@H]1OC(c2ccco2)=Nc2ccccc21. The molecule has 0 amide bonds. The lowest BCUT2D eigenvalue weighted by molar-refractivity contribution is 0.232. The molecule has 3 heteroatoms. The van der Waals surface area contributed by atoms with Crippen LogP contribution < -0.4 is 0 Å². The van der Waals surface area contributed by atoms with E-state index in [9.17, 15) is 0 Å². The number of ether oxygens (including phenoxy) is 1. The maximum Gasteiger partial charge on any atom is 0.259 e. The summed E-state index contributed by atoms with van der Waals surface area (Å²) in [6.07, 6.45) is 3.19. The number of nitrogens with zero attached hydrogens (tertiary/aromatic N) is 1. The van der Waals surface area contributed by atoms with E-state index in [1.807, 2.05) is 36.4 Å². The van der Waals surface area contributed by atoms with E-state index in [2.05, 4.69) is 11.6 Å². The second-order valence-corrected chi connectivity index (χ2v) is 3.73. The summed E-state index contributed by atoms with van der Waals surface area (Å²) in [5, 5.41) is 0. The first-order valence-electron chi connectivity index (χ1n) is 5.39. The average molecular weight is 225 g/mol. The molecule has 0 saturated heterocycles. The number of furan rings is 1. The normalized spacial score (nSPS) is 17.9. The summed E-state index contributed by atoms with van der Waals surface area (Å²) in [5.74, 6) is 1.13. The van der Waals surface area contributed by atoms with Crippen LogP contribution in [0.15, 0.2) is 64.7 Å². The fourth-order valence-electron chi connectivity index (χ4n) is 1.84. The molecule has 1 aromatic carbocycles. The first-order valence-corrected chi connectivity index (χ1v) is 5.39. The molecule has 0 N–H and O–H groups in total. The molecule has 0 unspecified atom stereocenters. The van der Waals surface area contributed by atoms with Gasteiger partial charge in [-0.1, -0.05) is 24.8 Å². The van der Waals surface area contributed by atoms with Crippen molar-refractivity contribution in [3.05, 3.63) is 66.6 Å². The van der Waals surface area contributed by atoms with Crippen molar-refractivity contribution >= 4 is 11.6 Å². The Hall–Kier alpha value is -2.29. The van der Waals surface area contributed by atoms with Crippen molar-refractivity contribution in [3.63, 3.8) is 0 Å². The van der Waals surface area contributed by atoms with Gasteiger partial charge in [0.2, 0.25) is 0 Å². The predicted octanol–water partition coefficient (Wildman–Crippen LogP) is 3.62. The number of hydrogen-bond donors (Lipinski definition) is 0. The Labute approximate surface area is 99.1 Å². The molecule has 84 valence electrons. The Bertz CT molecular complexity index is 570. The Morgan fingerprint density at radius 2 is 2.06 bits per heavy atom. The van der Waals surface area contributed by atoms with E-state index in [0.717, 1.165) is 11.3 Å². The van der Waals surface area contributed by atoms with Gasteiger partial charge in [-0.3, -0.25) is 0 Å². The first-order chi connectivity index (χ1) is 8.38. The first kappa shape index (κ1) is 9.90. The fourth-order valence-corrected chi connectivity index (χ4v) is 1.84. The predicted molar refractivity (Wildman–Crippen MR) is 65.4 cm³/mol. The largest absolute Gasteiger partial charge is 0.462 e. The van der Waals surface area contributed by atoms with E-state index >= 15 is 0 Å². The zero-order chi connectivity index (χ0) is 11.7.